The zero-order chi connectivity index (χ0) is 25.2. The maximum absolute atomic E-state index is 13.5. The van der Waals surface area contributed by atoms with Crippen molar-refractivity contribution in [2.24, 2.45) is 0 Å². The molecule has 0 saturated heterocycles. The Morgan fingerprint density at radius 1 is 1.17 bits per heavy atom. The number of hydrogen-bond acceptors (Lipinski definition) is 6. The highest BCUT2D eigenvalue weighted by molar-refractivity contribution is 9.10. The van der Waals surface area contributed by atoms with Crippen molar-refractivity contribution in [3.8, 4) is 5.75 Å². The van der Waals surface area contributed by atoms with E-state index in [1.165, 1.54) is 11.8 Å². The number of para-hydroxylation sites is 1. The first-order valence-corrected chi connectivity index (χ1v) is 13.2. The lowest BCUT2D eigenvalue weighted by Crippen LogP contribution is -2.31. The molecule has 0 radical (unpaired) electrons. The fourth-order valence-electron chi connectivity index (χ4n) is 3.97. The summed E-state index contributed by atoms with van der Waals surface area (Å²) < 4.78 is 2.25. The molecule has 3 N–H and O–H groups in total. The Bertz CT molecular complexity index is 1470. The number of thioether (sulfide) groups is 1. The molecular formula is C26H21BrClN5O2S. The quantitative estimate of drug-likeness (QED) is 0.221. The second kappa shape index (κ2) is 10.4. The molecule has 182 valence electrons. The Morgan fingerprint density at radius 2 is 1.92 bits per heavy atom. The summed E-state index contributed by atoms with van der Waals surface area (Å²) >= 11 is 11.1. The van der Waals surface area contributed by atoms with Crippen LogP contribution in [0.25, 0.3) is 0 Å². The minimum Gasteiger partial charge on any atom is -0.507 e. The third kappa shape index (κ3) is 5.00. The van der Waals surface area contributed by atoms with Gasteiger partial charge in [-0.05, 0) is 64.3 Å². The van der Waals surface area contributed by atoms with E-state index in [2.05, 4.69) is 31.5 Å². The molecule has 7 nitrogen and oxygen atoms in total. The summed E-state index contributed by atoms with van der Waals surface area (Å²) in [6, 6.07) is 21.5. The highest BCUT2D eigenvalue weighted by Gasteiger charge is 2.34. The van der Waals surface area contributed by atoms with Gasteiger partial charge in [-0.25, -0.2) is 4.68 Å². The van der Waals surface area contributed by atoms with Crippen molar-refractivity contribution in [1.29, 1.82) is 0 Å². The Morgan fingerprint density at radius 3 is 2.67 bits per heavy atom. The molecule has 36 heavy (non-hydrogen) atoms. The molecule has 10 heteroatoms. The predicted molar refractivity (Wildman–Crippen MR) is 146 cm³/mol. The number of aromatic nitrogens is 3. The number of halogens is 2. The summed E-state index contributed by atoms with van der Waals surface area (Å²) in [6.45, 7) is 1.83. The van der Waals surface area contributed by atoms with Gasteiger partial charge in [0.1, 0.15) is 11.8 Å². The van der Waals surface area contributed by atoms with Crippen molar-refractivity contribution in [1.82, 2.24) is 14.8 Å². The molecule has 3 aromatic carbocycles. The van der Waals surface area contributed by atoms with Crippen LogP contribution < -0.4 is 10.6 Å². The molecule has 0 fully saturated rings. The zero-order valence-corrected chi connectivity index (χ0v) is 22.2. The Labute approximate surface area is 225 Å². The summed E-state index contributed by atoms with van der Waals surface area (Å²) in [5.74, 6) is 0.907. The topological polar surface area (TPSA) is 92.1 Å². The van der Waals surface area contributed by atoms with Crippen molar-refractivity contribution in [3.05, 3.63) is 105 Å². The Kier molecular flexibility index (Phi) is 7.04. The van der Waals surface area contributed by atoms with Gasteiger partial charge in [0.2, 0.25) is 11.1 Å². The summed E-state index contributed by atoms with van der Waals surface area (Å²) in [5, 5.41) is 22.6. The lowest BCUT2D eigenvalue weighted by atomic mass is 9.95. The van der Waals surface area contributed by atoms with Gasteiger partial charge in [0.15, 0.2) is 0 Å². The molecule has 0 saturated carbocycles. The summed E-state index contributed by atoms with van der Waals surface area (Å²) in [7, 11) is 0. The average molecular weight is 583 g/mol. The van der Waals surface area contributed by atoms with Crippen molar-refractivity contribution in [2.45, 2.75) is 23.9 Å². The fraction of sp³-hybridized carbons (Fsp3) is 0.115. The number of anilines is 2. The van der Waals surface area contributed by atoms with E-state index in [1.54, 1.807) is 16.8 Å². The first-order valence-electron chi connectivity index (χ1n) is 11.1. The normalized spacial score (nSPS) is 14.8. The van der Waals surface area contributed by atoms with E-state index >= 15 is 0 Å². The van der Waals surface area contributed by atoms with Crippen LogP contribution in [0.15, 0.2) is 93.7 Å². The van der Waals surface area contributed by atoms with Gasteiger partial charge in [0, 0.05) is 22.2 Å². The molecule has 1 aliphatic rings. The second-order valence-electron chi connectivity index (χ2n) is 8.14. The van der Waals surface area contributed by atoms with E-state index < -0.39 is 6.04 Å². The van der Waals surface area contributed by atoms with E-state index in [4.69, 9.17) is 16.7 Å². The van der Waals surface area contributed by atoms with Crippen molar-refractivity contribution in [2.75, 3.05) is 10.6 Å². The van der Waals surface area contributed by atoms with E-state index in [-0.39, 0.29) is 11.7 Å². The van der Waals surface area contributed by atoms with Crippen molar-refractivity contribution < 1.29 is 9.90 Å². The molecule has 1 aliphatic heterocycles. The number of carbonyl (C=O) groups excluding carboxylic acids is 1. The van der Waals surface area contributed by atoms with E-state index in [1.807, 2.05) is 67.6 Å². The number of amides is 1. The van der Waals surface area contributed by atoms with Crippen LogP contribution in [-0.4, -0.2) is 25.8 Å². The molecule has 0 spiro atoms. The third-order valence-electron chi connectivity index (χ3n) is 5.71. The zero-order valence-electron chi connectivity index (χ0n) is 19.1. The average Bonchev–Trinajstić information content (AvgIpc) is 3.27. The number of fused-ring (bicyclic) bond motifs is 1. The smallest absolute Gasteiger partial charge is 0.255 e. The standard InChI is InChI=1S/C26H21BrClN5O2S/c1-15-22(24(35)30-18-8-3-2-4-9-18)23(16-11-12-19(27)21(34)13-16)33-25(29-15)31-26(32-33)36-14-17-7-5-6-10-20(17)28/h2-13,23,34H,14H2,1H3,(H,30,35)(H,29,31,32). The minimum absolute atomic E-state index is 0.0708. The van der Waals surface area contributed by atoms with Crippen LogP contribution in [0.4, 0.5) is 11.6 Å². The number of nitrogens with one attached hydrogen (secondary N) is 2. The number of allylic oxidation sites excluding steroid dienone is 1. The number of hydrogen-bond donors (Lipinski definition) is 3. The number of phenolic OH excluding ortho intramolecular Hbond substituents is 1. The van der Waals surface area contributed by atoms with Gasteiger partial charge in [0.05, 0.1) is 10.0 Å². The van der Waals surface area contributed by atoms with Gasteiger partial charge in [-0.3, -0.25) is 4.79 Å². The number of phenols is 1. The summed E-state index contributed by atoms with van der Waals surface area (Å²) in [4.78, 5) is 18.2. The largest absolute Gasteiger partial charge is 0.507 e. The fourth-order valence-corrected chi connectivity index (χ4v) is 5.33. The molecule has 4 aromatic rings. The summed E-state index contributed by atoms with van der Waals surface area (Å²) in [5.41, 5.74) is 3.49. The number of carbonyl (C=O) groups is 1. The van der Waals surface area contributed by atoms with Gasteiger partial charge in [-0.2, -0.15) is 4.98 Å². The van der Waals surface area contributed by atoms with Gasteiger partial charge < -0.3 is 15.7 Å². The minimum atomic E-state index is -0.605. The van der Waals surface area contributed by atoms with E-state index in [0.29, 0.717) is 48.9 Å². The third-order valence-corrected chi connectivity index (χ3v) is 7.64. The molecule has 0 bridgehead atoms. The van der Waals surface area contributed by atoms with Gasteiger partial charge in [0.25, 0.3) is 5.91 Å². The van der Waals surface area contributed by atoms with E-state index in [9.17, 15) is 9.90 Å². The van der Waals surface area contributed by atoms with E-state index in [0.717, 1.165) is 5.56 Å². The lowest BCUT2D eigenvalue weighted by Gasteiger charge is -2.28. The number of nitrogens with zero attached hydrogens (tertiary/aromatic N) is 3. The van der Waals surface area contributed by atoms with Crippen LogP contribution in [0.1, 0.15) is 24.1 Å². The molecule has 5 rings (SSSR count). The maximum atomic E-state index is 13.5. The first-order chi connectivity index (χ1) is 17.4. The second-order valence-corrected chi connectivity index (χ2v) is 10.3. The maximum Gasteiger partial charge on any atom is 0.255 e. The van der Waals surface area contributed by atoms with Crippen LogP contribution in [0, 0.1) is 0 Å². The van der Waals surface area contributed by atoms with Crippen LogP contribution in [0.3, 0.4) is 0 Å². The summed E-state index contributed by atoms with van der Waals surface area (Å²) in [6.07, 6.45) is 0. The van der Waals surface area contributed by atoms with Crippen molar-refractivity contribution in [3.63, 3.8) is 0 Å². The van der Waals surface area contributed by atoms with Crippen LogP contribution >= 0.6 is 39.3 Å². The van der Waals surface area contributed by atoms with Crippen LogP contribution in [0.2, 0.25) is 5.02 Å². The Balaban J connectivity index is 1.52. The molecule has 1 aromatic heterocycles. The number of aromatic hydroxyl groups is 1. The first kappa shape index (κ1) is 24.4. The van der Waals surface area contributed by atoms with Crippen LogP contribution in [0.5, 0.6) is 5.75 Å². The van der Waals surface area contributed by atoms with Gasteiger partial charge in [-0.1, -0.05) is 65.8 Å². The molecule has 2 heterocycles. The molecule has 1 unspecified atom stereocenters. The number of benzene rings is 3. The molecule has 1 amide bonds. The highest BCUT2D eigenvalue weighted by atomic mass is 79.9. The molecule has 0 aliphatic carbocycles. The predicted octanol–water partition coefficient (Wildman–Crippen LogP) is 6.62. The number of rotatable bonds is 6. The lowest BCUT2D eigenvalue weighted by molar-refractivity contribution is -0.113. The van der Waals surface area contributed by atoms with Crippen LogP contribution in [-0.2, 0) is 10.5 Å². The van der Waals surface area contributed by atoms with Crippen molar-refractivity contribution >= 4 is 56.8 Å². The SMILES string of the molecule is CC1=C(C(=O)Nc2ccccc2)C(c2ccc(Br)c(O)c2)n2nc(SCc3ccccc3Cl)nc2N1. The van der Waals surface area contributed by atoms with Gasteiger partial charge in [-0.15, -0.1) is 5.10 Å². The van der Waals surface area contributed by atoms with Gasteiger partial charge >= 0.3 is 0 Å². The monoisotopic (exact) mass is 581 g/mol. The Hall–Kier alpha value is -3.27. The molecular weight excluding hydrogens is 562 g/mol. The molecule has 1 atom stereocenters. The highest BCUT2D eigenvalue weighted by Crippen LogP contribution is 2.39.